The average molecular weight is 378 g/mol. The number of oxazole rings is 1. The molecule has 0 unspecified atom stereocenters. The molecular formula is C21H22N4O3. The number of hydrogen-bond acceptors (Lipinski definition) is 6. The van der Waals surface area contributed by atoms with E-state index in [1.807, 2.05) is 29.2 Å². The molecule has 1 saturated heterocycles. The van der Waals surface area contributed by atoms with Gasteiger partial charge in [-0.1, -0.05) is 18.2 Å². The molecule has 7 heteroatoms. The van der Waals surface area contributed by atoms with Gasteiger partial charge in [0.15, 0.2) is 5.89 Å². The van der Waals surface area contributed by atoms with Crippen LogP contribution < -0.4 is 4.74 Å². The predicted octanol–water partition coefficient (Wildman–Crippen LogP) is 3.08. The summed E-state index contributed by atoms with van der Waals surface area (Å²) >= 11 is 0. The Morgan fingerprint density at radius 1 is 1.25 bits per heavy atom. The second-order valence-corrected chi connectivity index (χ2v) is 6.87. The maximum absolute atomic E-state index is 12.7. The van der Waals surface area contributed by atoms with Crippen LogP contribution in [0.1, 0.15) is 46.3 Å². The summed E-state index contributed by atoms with van der Waals surface area (Å²) < 4.78 is 11.4. The van der Waals surface area contributed by atoms with Crippen molar-refractivity contribution in [3.05, 3.63) is 71.7 Å². The first-order valence-corrected chi connectivity index (χ1v) is 9.37. The highest BCUT2D eigenvalue weighted by Crippen LogP contribution is 2.29. The van der Waals surface area contributed by atoms with Crippen molar-refractivity contribution < 1.29 is 13.9 Å². The molecule has 4 rings (SSSR count). The van der Waals surface area contributed by atoms with Crippen LogP contribution in [0.4, 0.5) is 0 Å². The van der Waals surface area contributed by atoms with Crippen molar-refractivity contribution in [2.75, 3.05) is 20.2 Å². The molecule has 28 heavy (non-hydrogen) atoms. The van der Waals surface area contributed by atoms with Crippen molar-refractivity contribution >= 4 is 5.91 Å². The first-order valence-electron chi connectivity index (χ1n) is 9.37. The van der Waals surface area contributed by atoms with Crippen LogP contribution in [0, 0.1) is 0 Å². The van der Waals surface area contributed by atoms with Crippen LogP contribution in [0.15, 0.2) is 53.3 Å². The van der Waals surface area contributed by atoms with Gasteiger partial charge in [-0.25, -0.2) is 4.98 Å². The molecule has 3 heterocycles. The maximum atomic E-state index is 12.7. The normalized spacial score (nSPS) is 16.8. The largest absolute Gasteiger partial charge is 0.496 e. The van der Waals surface area contributed by atoms with E-state index < -0.39 is 0 Å². The number of ether oxygens (including phenoxy) is 1. The van der Waals surface area contributed by atoms with Gasteiger partial charge in [-0.2, -0.15) is 10.2 Å². The molecule has 0 saturated carbocycles. The van der Waals surface area contributed by atoms with Gasteiger partial charge >= 0.3 is 0 Å². The molecule has 7 nitrogen and oxygen atoms in total. The van der Waals surface area contributed by atoms with E-state index in [1.54, 1.807) is 19.4 Å². The fraction of sp³-hybridized carbons (Fsp3) is 0.333. The van der Waals surface area contributed by atoms with Crippen molar-refractivity contribution in [3.8, 4) is 5.75 Å². The number of aromatic nitrogens is 3. The van der Waals surface area contributed by atoms with Crippen LogP contribution in [-0.2, 0) is 6.42 Å². The Morgan fingerprint density at radius 3 is 2.96 bits per heavy atom. The van der Waals surface area contributed by atoms with Gasteiger partial charge in [0.05, 0.1) is 37.2 Å². The van der Waals surface area contributed by atoms with Gasteiger partial charge in [-0.05, 0) is 25.0 Å². The molecule has 2 aromatic heterocycles. The van der Waals surface area contributed by atoms with Gasteiger partial charge in [0, 0.05) is 25.1 Å². The lowest BCUT2D eigenvalue weighted by molar-refractivity contribution is 0.0697. The van der Waals surface area contributed by atoms with Crippen LogP contribution in [0.2, 0.25) is 0 Å². The predicted molar refractivity (Wildman–Crippen MR) is 102 cm³/mol. The lowest BCUT2D eigenvalue weighted by Gasteiger charge is -2.31. The lowest BCUT2D eigenvalue weighted by Crippen LogP contribution is -2.39. The van der Waals surface area contributed by atoms with Gasteiger partial charge < -0.3 is 14.1 Å². The molecular weight excluding hydrogens is 356 g/mol. The number of amides is 1. The maximum Gasteiger partial charge on any atom is 0.255 e. The fourth-order valence-corrected chi connectivity index (χ4v) is 3.59. The molecule has 1 aliphatic rings. The van der Waals surface area contributed by atoms with E-state index in [-0.39, 0.29) is 11.8 Å². The number of para-hydroxylation sites is 1. The second-order valence-electron chi connectivity index (χ2n) is 6.87. The van der Waals surface area contributed by atoms with Crippen LogP contribution in [0.5, 0.6) is 5.75 Å². The summed E-state index contributed by atoms with van der Waals surface area (Å²) in [6.45, 7) is 1.32. The van der Waals surface area contributed by atoms with E-state index in [0.717, 1.165) is 36.5 Å². The summed E-state index contributed by atoms with van der Waals surface area (Å²) in [4.78, 5) is 19.0. The smallest absolute Gasteiger partial charge is 0.255 e. The molecule has 0 aliphatic carbocycles. The minimum atomic E-state index is -0.0274. The van der Waals surface area contributed by atoms with Crippen LogP contribution >= 0.6 is 0 Å². The summed E-state index contributed by atoms with van der Waals surface area (Å²) in [6.07, 6.45) is 7.30. The van der Waals surface area contributed by atoms with E-state index in [0.29, 0.717) is 24.4 Å². The zero-order valence-electron chi connectivity index (χ0n) is 15.7. The Labute approximate surface area is 163 Å². The minimum Gasteiger partial charge on any atom is -0.496 e. The van der Waals surface area contributed by atoms with Crippen LogP contribution in [0.25, 0.3) is 0 Å². The van der Waals surface area contributed by atoms with Crippen molar-refractivity contribution in [1.29, 1.82) is 0 Å². The zero-order valence-corrected chi connectivity index (χ0v) is 15.7. The number of carbonyl (C=O) groups excluding carboxylic acids is 1. The van der Waals surface area contributed by atoms with Crippen molar-refractivity contribution in [2.45, 2.75) is 25.2 Å². The standard InChI is InChI=1S/C21H22N4O3/c1-27-19-7-3-2-5-15(19)11-18-13-22-20(28-18)17-6-4-10-25(14-17)21(26)16-8-9-23-24-12-16/h2-3,5,7-9,12-13,17H,4,6,10-11,14H2,1H3/t17-/m1/s1. The zero-order chi connectivity index (χ0) is 19.3. The van der Waals surface area contributed by atoms with Gasteiger partial charge in [0.1, 0.15) is 11.5 Å². The average Bonchev–Trinajstić information content (AvgIpc) is 3.23. The van der Waals surface area contributed by atoms with Crippen LogP contribution in [0.3, 0.4) is 0 Å². The summed E-state index contributed by atoms with van der Waals surface area (Å²) in [5.74, 6) is 2.39. The minimum absolute atomic E-state index is 0.0274. The molecule has 1 amide bonds. The number of likely N-dealkylation sites (tertiary alicyclic amines) is 1. The highest BCUT2D eigenvalue weighted by molar-refractivity contribution is 5.93. The van der Waals surface area contributed by atoms with Gasteiger partial charge in [-0.3, -0.25) is 4.79 Å². The van der Waals surface area contributed by atoms with E-state index in [9.17, 15) is 4.79 Å². The number of rotatable bonds is 5. The molecule has 1 fully saturated rings. The molecule has 0 radical (unpaired) electrons. The monoisotopic (exact) mass is 378 g/mol. The molecule has 3 aromatic rings. The van der Waals surface area contributed by atoms with E-state index in [1.165, 1.54) is 12.4 Å². The highest BCUT2D eigenvalue weighted by atomic mass is 16.5. The quantitative estimate of drug-likeness (QED) is 0.679. The molecule has 0 bridgehead atoms. The summed E-state index contributed by atoms with van der Waals surface area (Å²) in [5.41, 5.74) is 1.61. The number of benzene rings is 1. The Kier molecular flexibility index (Phi) is 5.32. The molecule has 0 N–H and O–H groups in total. The summed E-state index contributed by atoms with van der Waals surface area (Å²) in [5, 5.41) is 7.53. The number of piperidine rings is 1. The third-order valence-corrected chi connectivity index (χ3v) is 5.02. The van der Waals surface area contributed by atoms with Crippen molar-refractivity contribution in [3.63, 3.8) is 0 Å². The van der Waals surface area contributed by atoms with E-state index in [4.69, 9.17) is 9.15 Å². The summed E-state index contributed by atoms with van der Waals surface area (Å²) in [7, 11) is 1.66. The van der Waals surface area contributed by atoms with Crippen molar-refractivity contribution in [2.24, 2.45) is 0 Å². The third kappa shape index (κ3) is 3.88. The molecule has 1 aliphatic heterocycles. The topological polar surface area (TPSA) is 81.4 Å². The van der Waals surface area contributed by atoms with Gasteiger partial charge in [0.2, 0.25) is 0 Å². The third-order valence-electron chi connectivity index (χ3n) is 5.02. The molecule has 0 spiro atoms. The summed E-state index contributed by atoms with van der Waals surface area (Å²) in [6, 6.07) is 9.57. The Bertz CT molecular complexity index is 942. The van der Waals surface area contributed by atoms with Crippen LogP contribution in [-0.4, -0.2) is 46.2 Å². The lowest BCUT2D eigenvalue weighted by atomic mass is 9.97. The molecule has 1 aromatic carbocycles. The number of carbonyl (C=O) groups is 1. The number of methoxy groups -OCH3 is 1. The number of nitrogens with zero attached hydrogens (tertiary/aromatic N) is 4. The second kappa shape index (κ2) is 8.21. The Balaban J connectivity index is 1.45. The Hall–Kier alpha value is -3.22. The van der Waals surface area contributed by atoms with E-state index >= 15 is 0 Å². The van der Waals surface area contributed by atoms with E-state index in [2.05, 4.69) is 15.2 Å². The highest BCUT2D eigenvalue weighted by Gasteiger charge is 2.28. The van der Waals surface area contributed by atoms with Gasteiger partial charge in [-0.15, -0.1) is 0 Å². The molecule has 1 atom stereocenters. The van der Waals surface area contributed by atoms with Crippen molar-refractivity contribution in [1.82, 2.24) is 20.1 Å². The first kappa shape index (κ1) is 18.2. The number of hydrogen-bond donors (Lipinski definition) is 0. The molecule has 144 valence electrons. The van der Waals surface area contributed by atoms with Gasteiger partial charge in [0.25, 0.3) is 5.91 Å². The first-order chi connectivity index (χ1) is 13.7. The fourth-order valence-electron chi connectivity index (χ4n) is 3.59. The Morgan fingerprint density at radius 2 is 2.14 bits per heavy atom. The SMILES string of the molecule is COc1ccccc1Cc1cnc([C@@H]2CCCN(C(=O)c3ccnnc3)C2)o1.